The molecule has 2 heterocycles. The third-order valence-electron chi connectivity index (χ3n) is 2.83. The quantitative estimate of drug-likeness (QED) is 0.815. The van der Waals surface area contributed by atoms with Gasteiger partial charge in [-0.25, -0.2) is 9.97 Å². The number of ether oxygens (including phenoxy) is 2. The molecule has 1 aromatic heterocycles. The maximum absolute atomic E-state index is 6.02. The van der Waals surface area contributed by atoms with Crippen LogP contribution in [0.15, 0.2) is 12.4 Å². The highest BCUT2D eigenvalue weighted by Crippen LogP contribution is 2.26. The molecule has 0 aromatic carbocycles. The fourth-order valence-corrected chi connectivity index (χ4v) is 2.27. The van der Waals surface area contributed by atoms with Gasteiger partial charge in [0.05, 0.1) is 0 Å². The first-order valence-corrected chi connectivity index (χ1v) is 6.00. The molecule has 0 radical (unpaired) electrons. The summed E-state index contributed by atoms with van der Waals surface area (Å²) in [6, 6.07) is 0. The van der Waals surface area contributed by atoms with Gasteiger partial charge in [0.25, 0.3) is 0 Å². The van der Waals surface area contributed by atoms with E-state index in [1.807, 2.05) is 11.8 Å². The van der Waals surface area contributed by atoms with Gasteiger partial charge in [0.1, 0.15) is 12.2 Å². The monoisotopic (exact) mass is 257 g/mol. The lowest BCUT2D eigenvalue weighted by Gasteiger charge is -2.17. The molecule has 2 rings (SSSR count). The number of hydrogen-bond acceptors (Lipinski definition) is 5. The first kappa shape index (κ1) is 12.5. The summed E-state index contributed by atoms with van der Waals surface area (Å²) < 4.78 is 11.0. The Hall–Kier alpha value is -0.910. The van der Waals surface area contributed by atoms with Crippen molar-refractivity contribution in [1.29, 1.82) is 0 Å². The van der Waals surface area contributed by atoms with Crippen LogP contribution in [-0.4, -0.2) is 49.0 Å². The molecule has 2 atom stereocenters. The lowest BCUT2D eigenvalue weighted by Crippen LogP contribution is -2.28. The molecule has 94 valence electrons. The fourth-order valence-electron chi connectivity index (χ4n) is 2.04. The molecule has 0 amide bonds. The number of rotatable bonds is 4. The minimum absolute atomic E-state index is 0.0491. The SMILES string of the molecule is CCO[C@H]1CN(c2nccnc2Cl)C[C@@H]1OC. The van der Waals surface area contributed by atoms with Gasteiger partial charge in [0.2, 0.25) is 0 Å². The van der Waals surface area contributed by atoms with E-state index >= 15 is 0 Å². The summed E-state index contributed by atoms with van der Waals surface area (Å²) in [6.07, 6.45) is 3.32. The van der Waals surface area contributed by atoms with E-state index in [4.69, 9.17) is 21.1 Å². The molecule has 5 nitrogen and oxygen atoms in total. The second kappa shape index (κ2) is 5.62. The van der Waals surface area contributed by atoms with Crippen LogP contribution in [0.3, 0.4) is 0 Å². The molecule has 6 heteroatoms. The second-order valence-electron chi connectivity index (χ2n) is 3.84. The van der Waals surface area contributed by atoms with E-state index in [2.05, 4.69) is 9.97 Å². The number of hydrogen-bond donors (Lipinski definition) is 0. The molecule has 0 spiro atoms. The van der Waals surface area contributed by atoms with Crippen molar-refractivity contribution in [3.05, 3.63) is 17.5 Å². The van der Waals surface area contributed by atoms with Gasteiger partial charge in [-0.3, -0.25) is 0 Å². The Bertz CT molecular complexity index is 377. The zero-order valence-electron chi connectivity index (χ0n) is 9.97. The molecular weight excluding hydrogens is 242 g/mol. The van der Waals surface area contributed by atoms with E-state index < -0.39 is 0 Å². The maximum Gasteiger partial charge on any atom is 0.171 e. The van der Waals surface area contributed by atoms with E-state index in [0.29, 0.717) is 17.6 Å². The van der Waals surface area contributed by atoms with Gasteiger partial charge in [-0.2, -0.15) is 0 Å². The summed E-state index contributed by atoms with van der Waals surface area (Å²) in [5, 5.41) is 0.416. The van der Waals surface area contributed by atoms with Crippen molar-refractivity contribution in [3.8, 4) is 0 Å². The number of halogens is 1. The highest BCUT2D eigenvalue weighted by molar-refractivity contribution is 6.31. The molecule has 1 aliphatic heterocycles. The maximum atomic E-state index is 6.02. The van der Waals surface area contributed by atoms with E-state index in [-0.39, 0.29) is 12.2 Å². The molecule has 0 N–H and O–H groups in total. The second-order valence-corrected chi connectivity index (χ2v) is 4.20. The van der Waals surface area contributed by atoms with Crippen molar-refractivity contribution in [3.63, 3.8) is 0 Å². The van der Waals surface area contributed by atoms with Crippen molar-refractivity contribution >= 4 is 17.4 Å². The van der Waals surface area contributed by atoms with Crippen LogP contribution in [-0.2, 0) is 9.47 Å². The van der Waals surface area contributed by atoms with Gasteiger partial charge in [-0.05, 0) is 6.92 Å². The summed E-state index contributed by atoms with van der Waals surface area (Å²) in [4.78, 5) is 10.3. The lowest BCUT2D eigenvalue weighted by molar-refractivity contribution is -0.0232. The van der Waals surface area contributed by atoms with Crippen molar-refractivity contribution < 1.29 is 9.47 Å². The van der Waals surface area contributed by atoms with E-state index in [1.54, 1.807) is 19.5 Å². The summed E-state index contributed by atoms with van der Waals surface area (Å²) in [7, 11) is 1.69. The Morgan fingerprint density at radius 2 is 2.06 bits per heavy atom. The average Bonchev–Trinajstić information content (AvgIpc) is 2.73. The Morgan fingerprint density at radius 3 is 2.71 bits per heavy atom. The van der Waals surface area contributed by atoms with Crippen LogP contribution < -0.4 is 4.90 Å². The largest absolute Gasteiger partial charge is 0.377 e. The zero-order valence-corrected chi connectivity index (χ0v) is 10.7. The van der Waals surface area contributed by atoms with Crippen LogP contribution in [0.1, 0.15) is 6.92 Å². The van der Waals surface area contributed by atoms with Crippen molar-refractivity contribution in [2.24, 2.45) is 0 Å². The van der Waals surface area contributed by atoms with E-state index in [0.717, 1.165) is 13.1 Å². The minimum Gasteiger partial charge on any atom is -0.377 e. The Balaban J connectivity index is 2.12. The molecule has 17 heavy (non-hydrogen) atoms. The van der Waals surface area contributed by atoms with Crippen LogP contribution in [0.4, 0.5) is 5.82 Å². The number of nitrogens with zero attached hydrogens (tertiary/aromatic N) is 3. The standard InChI is InChI=1S/C11H16ClN3O2/c1-3-17-9-7-15(6-8(9)16-2)11-10(12)13-4-5-14-11/h4-5,8-9H,3,6-7H2,1-2H3/t8-,9-/m0/s1. The van der Waals surface area contributed by atoms with Gasteiger partial charge in [0, 0.05) is 39.2 Å². The third kappa shape index (κ3) is 2.68. The molecule has 1 saturated heterocycles. The van der Waals surface area contributed by atoms with Gasteiger partial charge >= 0.3 is 0 Å². The van der Waals surface area contributed by atoms with Crippen molar-refractivity contribution in [2.75, 3.05) is 31.7 Å². The topological polar surface area (TPSA) is 47.5 Å². The van der Waals surface area contributed by atoms with Gasteiger partial charge in [-0.1, -0.05) is 11.6 Å². The van der Waals surface area contributed by atoms with Crippen LogP contribution in [0.25, 0.3) is 0 Å². The fraction of sp³-hybridized carbons (Fsp3) is 0.636. The molecule has 1 fully saturated rings. The van der Waals surface area contributed by atoms with Gasteiger partial charge < -0.3 is 14.4 Å². The van der Waals surface area contributed by atoms with Crippen molar-refractivity contribution in [2.45, 2.75) is 19.1 Å². The van der Waals surface area contributed by atoms with Crippen LogP contribution in [0.2, 0.25) is 5.15 Å². The summed E-state index contributed by atoms with van der Waals surface area (Å²) in [6.45, 7) is 4.10. The molecular formula is C11H16ClN3O2. The van der Waals surface area contributed by atoms with E-state index in [9.17, 15) is 0 Å². The summed E-state index contributed by atoms with van der Waals surface area (Å²) >= 11 is 6.02. The summed E-state index contributed by atoms with van der Waals surface area (Å²) in [5.74, 6) is 0.693. The number of aromatic nitrogens is 2. The predicted octanol–water partition coefficient (Wildman–Crippen LogP) is 1.37. The van der Waals surface area contributed by atoms with Crippen LogP contribution >= 0.6 is 11.6 Å². The Labute approximate surface area is 106 Å². The predicted molar refractivity (Wildman–Crippen MR) is 65.5 cm³/mol. The van der Waals surface area contributed by atoms with Crippen LogP contribution in [0.5, 0.6) is 0 Å². The molecule has 0 bridgehead atoms. The highest BCUT2D eigenvalue weighted by Gasteiger charge is 2.35. The normalized spacial score (nSPS) is 24.3. The Morgan fingerprint density at radius 1 is 1.35 bits per heavy atom. The Kier molecular flexibility index (Phi) is 4.15. The molecule has 0 unspecified atom stereocenters. The zero-order chi connectivity index (χ0) is 12.3. The molecule has 1 aliphatic rings. The number of methoxy groups -OCH3 is 1. The first-order chi connectivity index (χ1) is 8.26. The number of anilines is 1. The van der Waals surface area contributed by atoms with Crippen molar-refractivity contribution in [1.82, 2.24) is 9.97 Å². The smallest absolute Gasteiger partial charge is 0.171 e. The molecule has 0 aliphatic carbocycles. The van der Waals surface area contributed by atoms with Gasteiger partial charge in [-0.15, -0.1) is 0 Å². The summed E-state index contributed by atoms with van der Waals surface area (Å²) in [5.41, 5.74) is 0. The minimum atomic E-state index is 0.0491. The van der Waals surface area contributed by atoms with E-state index in [1.165, 1.54) is 0 Å². The van der Waals surface area contributed by atoms with Gasteiger partial charge in [0.15, 0.2) is 11.0 Å². The first-order valence-electron chi connectivity index (χ1n) is 5.62. The third-order valence-corrected chi connectivity index (χ3v) is 3.10. The average molecular weight is 258 g/mol. The lowest BCUT2D eigenvalue weighted by atomic mass is 10.2. The van der Waals surface area contributed by atoms with Crippen LogP contribution in [0, 0.1) is 0 Å². The molecule has 0 saturated carbocycles. The molecule has 1 aromatic rings. The highest BCUT2D eigenvalue weighted by atomic mass is 35.5.